The molecule has 0 spiro atoms. The lowest BCUT2D eigenvalue weighted by Gasteiger charge is -2.03. The summed E-state index contributed by atoms with van der Waals surface area (Å²) in [4.78, 5) is 11.6. The lowest BCUT2D eigenvalue weighted by molar-refractivity contribution is 0.0939. The van der Waals surface area contributed by atoms with Crippen molar-refractivity contribution >= 4 is 5.78 Å². The zero-order chi connectivity index (χ0) is 11.3. The number of hydrogen-bond donors (Lipinski definition) is 1. The lowest BCUT2D eigenvalue weighted by atomic mass is 10.0. The fourth-order valence-corrected chi connectivity index (χ4v) is 1.19. The van der Waals surface area contributed by atoms with E-state index >= 15 is 0 Å². The first-order valence-electron chi connectivity index (χ1n) is 4.89. The third-order valence-electron chi connectivity index (χ3n) is 2.01. The summed E-state index contributed by atoms with van der Waals surface area (Å²) in [6.45, 7) is 3.61. The number of hydrogen-bond acceptors (Lipinski definition) is 2. The van der Waals surface area contributed by atoms with Gasteiger partial charge in [0, 0.05) is 17.0 Å². The zero-order valence-corrected chi connectivity index (χ0v) is 8.95. The summed E-state index contributed by atoms with van der Waals surface area (Å²) < 4.78 is 0. The molecule has 15 heavy (non-hydrogen) atoms. The highest BCUT2D eigenvalue weighted by molar-refractivity contribution is 5.97. The molecule has 1 aromatic carbocycles. The third-order valence-corrected chi connectivity index (χ3v) is 2.01. The monoisotopic (exact) mass is 202 g/mol. The number of Topliss-reactive ketones (excluding diaryl/α,β-unsaturated/α-hetero) is 1. The van der Waals surface area contributed by atoms with E-state index in [0.717, 1.165) is 5.56 Å². The molecule has 0 aliphatic heterocycles. The quantitative estimate of drug-likeness (QED) is 0.587. The first-order valence-corrected chi connectivity index (χ1v) is 4.89. The van der Waals surface area contributed by atoms with E-state index in [-0.39, 0.29) is 18.3 Å². The molecule has 0 unspecified atom stereocenters. The molecule has 0 heterocycles. The summed E-state index contributed by atoms with van der Waals surface area (Å²) in [6.07, 6.45) is 0. The molecule has 2 heteroatoms. The van der Waals surface area contributed by atoms with Gasteiger partial charge in [0.1, 0.15) is 6.61 Å². The fraction of sp³-hybridized carbons (Fsp3) is 0.308. The van der Waals surface area contributed by atoms with Gasteiger partial charge < -0.3 is 5.11 Å². The third kappa shape index (κ3) is 3.23. The molecule has 2 nitrogen and oxygen atoms in total. The zero-order valence-electron chi connectivity index (χ0n) is 8.95. The van der Waals surface area contributed by atoms with Gasteiger partial charge in [0.25, 0.3) is 0 Å². The normalized spacial score (nSPS) is 9.60. The molecular formula is C13H14O2. The predicted molar refractivity (Wildman–Crippen MR) is 59.6 cm³/mol. The van der Waals surface area contributed by atoms with E-state index in [4.69, 9.17) is 5.11 Å². The molecule has 0 atom stereocenters. The van der Waals surface area contributed by atoms with Crippen molar-refractivity contribution in [2.45, 2.75) is 13.8 Å². The van der Waals surface area contributed by atoms with E-state index in [1.54, 1.807) is 24.3 Å². The number of aliphatic hydroxyl groups is 1. The second-order valence-electron chi connectivity index (χ2n) is 3.56. The Morgan fingerprint density at radius 2 is 1.93 bits per heavy atom. The maximum atomic E-state index is 11.6. The second kappa shape index (κ2) is 5.33. The van der Waals surface area contributed by atoms with E-state index in [0.29, 0.717) is 5.56 Å². The second-order valence-corrected chi connectivity index (χ2v) is 3.56. The molecule has 0 saturated heterocycles. The topological polar surface area (TPSA) is 37.3 Å². The Balaban J connectivity index is 2.85. The van der Waals surface area contributed by atoms with Crippen LogP contribution < -0.4 is 0 Å². The van der Waals surface area contributed by atoms with Crippen LogP contribution in [0.5, 0.6) is 0 Å². The van der Waals surface area contributed by atoms with E-state index in [2.05, 4.69) is 11.8 Å². The number of benzene rings is 1. The van der Waals surface area contributed by atoms with Crippen molar-refractivity contribution in [2.24, 2.45) is 5.92 Å². The van der Waals surface area contributed by atoms with Gasteiger partial charge in [-0.05, 0) is 12.1 Å². The van der Waals surface area contributed by atoms with Crippen LogP contribution in [0, 0.1) is 17.8 Å². The van der Waals surface area contributed by atoms with Crippen molar-refractivity contribution < 1.29 is 9.90 Å². The van der Waals surface area contributed by atoms with E-state index in [1.165, 1.54) is 0 Å². The number of aliphatic hydroxyl groups excluding tert-OH is 1. The van der Waals surface area contributed by atoms with Gasteiger partial charge in [-0.15, -0.1) is 0 Å². The Labute approximate surface area is 89.9 Å². The molecule has 0 aliphatic rings. The Hall–Kier alpha value is -1.59. The van der Waals surface area contributed by atoms with Crippen molar-refractivity contribution in [3.8, 4) is 11.8 Å². The van der Waals surface area contributed by atoms with Crippen molar-refractivity contribution in [2.75, 3.05) is 6.61 Å². The number of carbonyl (C=O) groups is 1. The maximum Gasteiger partial charge on any atom is 0.165 e. The Morgan fingerprint density at radius 1 is 1.33 bits per heavy atom. The molecule has 0 radical (unpaired) electrons. The number of ketones is 1. The van der Waals surface area contributed by atoms with Crippen molar-refractivity contribution in [3.05, 3.63) is 35.4 Å². The minimum atomic E-state index is -0.146. The van der Waals surface area contributed by atoms with Crippen molar-refractivity contribution in [3.63, 3.8) is 0 Å². The van der Waals surface area contributed by atoms with Crippen LogP contribution in [0.15, 0.2) is 24.3 Å². The van der Waals surface area contributed by atoms with Crippen LogP contribution in [0.25, 0.3) is 0 Å². The van der Waals surface area contributed by atoms with Crippen LogP contribution >= 0.6 is 0 Å². The summed E-state index contributed by atoms with van der Waals surface area (Å²) in [7, 11) is 0. The largest absolute Gasteiger partial charge is 0.384 e. The van der Waals surface area contributed by atoms with Gasteiger partial charge in [-0.3, -0.25) is 4.79 Å². The van der Waals surface area contributed by atoms with E-state index in [1.807, 2.05) is 13.8 Å². The minimum absolute atomic E-state index is 0.0133. The molecule has 1 rings (SSSR count). The molecule has 0 fully saturated rings. The highest BCUT2D eigenvalue weighted by atomic mass is 16.2. The van der Waals surface area contributed by atoms with Gasteiger partial charge >= 0.3 is 0 Å². The molecule has 78 valence electrons. The SMILES string of the molecule is CC(C)C(=O)c1ccc(C#CCO)cc1. The molecule has 0 aliphatic carbocycles. The Bertz CT molecular complexity index is 391. The maximum absolute atomic E-state index is 11.6. The van der Waals surface area contributed by atoms with Crippen LogP contribution in [0.2, 0.25) is 0 Å². The van der Waals surface area contributed by atoms with Crippen LogP contribution in [-0.2, 0) is 0 Å². The summed E-state index contributed by atoms with van der Waals surface area (Å²) in [5.74, 6) is 5.48. The van der Waals surface area contributed by atoms with Crippen LogP contribution in [-0.4, -0.2) is 17.5 Å². The van der Waals surface area contributed by atoms with Crippen LogP contribution in [0.3, 0.4) is 0 Å². The molecule has 0 amide bonds. The summed E-state index contributed by atoms with van der Waals surface area (Å²) in [6, 6.07) is 7.12. The van der Waals surface area contributed by atoms with Gasteiger partial charge in [-0.2, -0.15) is 0 Å². The molecular weight excluding hydrogens is 188 g/mol. The van der Waals surface area contributed by atoms with Gasteiger partial charge in [0.05, 0.1) is 0 Å². The van der Waals surface area contributed by atoms with Gasteiger partial charge in [-0.1, -0.05) is 37.8 Å². The Kier molecular flexibility index (Phi) is 4.08. The van der Waals surface area contributed by atoms with E-state index < -0.39 is 0 Å². The highest BCUT2D eigenvalue weighted by Crippen LogP contribution is 2.09. The lowest BCUT2D eigenvalue weighted by Crippen LogP contribution is -2.06. The minimum Gasteiger partial charge on any atom is -0.384 e. The predicted octanol–water partition coefficient (Wildman–Crippen LogP) is 1.87. The summed E-state index contributed by atoms with van der Waals surface area (Å²) >= 11 is 0. The summed E-state index contributed by atoms with van der Waals surface area (Å²) in [5, 5.41) is 8.52. The number of carbonyl (C=O) groups excluding carboxylic acids is 1. The average Bonchev–Trinajstić information content (AvgIpc) is 2.26. The van der Waals surface area contributed by atoms with Gasteiger partial charge in [-0.25, -0.2) is 0 Å². The van der Waals surface area contributed by atoms with Crippen molar-refractivity contribution in [1.82, 2.24) is 0 Å². The van der Waals surface area contributed by atoms with Crippen LogP contribution in [0.4, 0.5) is 0 Å². The van der Waals surface area contributed by atoms with Gasteiger partial charge in [0.15, 0.2) is 5.78 Å². The number of rotatable bonds is 2. The molecule has 0 bridgehead atoms. The fourth-order valence-electron chi connectivity index (χ4n) is 1.19. The molecule has 1 N–H and O–H groups in total. The first-order chi connectivity index (χ1) is 7.15. The highest BCUT2D eigenvalue weighted by Gasteiger charge is 2.09. The first kappa shape index (κ1) is 11.5. The molecule has 1 aromatic rings. The van der Waals surface area contributed by atoms with Crippen LogP contribution in [0.1, 0.15) is 29.8 Å². The smallest absolute Gasteiger partial charge is 0.165 e. The molecule has 0 saturated carbocycles. The average molecular weight is 202 g/mol. The molecule has 0 aromatic heterocycles. The van der Waals surface area contributed by atoms with Crippen molar-refractivity contribution in [1.29, 1.82) is 0 Å². The summed E-state index contributed by atoms with van der Waals surface area (Å²) in [5.41, 5.74) is 1.52. The Morgan fingerprint density at radius 3 is 2.40 bits per heavy atom. The van der Waals surface area contributed by atoms with E-state index in [9.17, 15) is 4.79 Å². The standard InChI is InChI=1S/C13H14O2/c1-10(2)13(15)12-7-5-11(6-8-12)4-3-9-14/h5-8,10,14H,9H2,1-2H3. The van der Waals surface area contributed by atoms with Gasteiger partial charge in [0.2, 0.25) is 0 Å².